The molecule has 1 aromatic rings. The van der Waals surface area contributed by atoms with E-state index in [9.17, 15) is 14.9 Å². The molecule has 1 aliphatic carbocycles. The summed E-state index contributed by atoms with van der Waals surface area (Å²) in [6, 6.07) is 2.68. The summed E-state index contributed by atoms with van der Waals surface area (Å²) in [7, 11) is 0. The van der Waals surface area contributed by atoms with Crippen LogP contribution in [0, 0.1) is 10.1 Å². The summed E-state index contributed by atoms with van der Waals surface area (Å²) in [6.07, 6.45) is 4.16. The lowest BCUT2D eigenvalue weighted by molar-refractivity contribution is -0.402. The van der Waals surface area contributed by atoms with Crippen molar-refractivity contribution < 1.29 is 14.1 Å². The average Bonchev–Trinajstić information content (AvgIpc) is 2.86. The monoisotopic (exact) mass is 224 g/mol. The molecular formula is C10H12N2O4. The highest BCUT2D eigenvalue weighted by atomic mass is 16.6. The van der Waals surface area contributed by atoms with E-state index in [2.05, 4.69) is 5.32 Å². The van der Waals surface area contributed by atoms with Crippen molar-refractivity contribution in [2.45, 2.75) is 31.7 Å². The van der Waals surface area contributed by atoms with Gasteiger partial charge in [-0.1, -0.05) is 12.8 Å². The Morgan fingerprint density at radius 1 is 1.44 bits per heavy atom. The Morgan fingerprint density at radius 3 is 2.69 bits per heavy atom. The van der Waals surface area contributed by atoms with Gasteiger partial charge in [-0.15, -0.1) is 0 Å². The van der Waals surface area contributed by atoms with Gasteiger partial charge in [-0.3, -0.25) is 14.9 Å². The maximum absolute atomic E-state index is 11.6. The standard InChI is InChI=1S/C10H12N2O4/c13-10(11-7-3-1-2-4-7)8-5-6-9(16-8)12(14)15/h5-7H,1-4H2,(H,11,13). The quantitative estimate of drug-likeness (QED) is 0.627. The van der Waals surface area contributed by atoms with Gasteiger partial charge in [0.25, 0.3) is 5.91 Å². The number of amides is 1. The molecule has 86 valence electrons. The number of carbonyl (C=O) groups is 1. The fourth-order valence-electron chi connectivity index (χ4n) is 1.87. The van der Waals surface area contributed by atoms with E-state index in [-0.39, 0.29) is 17.7 Å². The Hall–Kier alpha value is -1.85. The maximum atomic E-state index is 11.6. The SMILES string of the molecule is O=C(NC1CCCC1)c1ccc([N+](=O)[O-])o1. The van der Waals surface area contributed by atoms with Crippen LogP contribution < -0.4 is 5.32 Å². The number of hydrogen-bond acceptors (Lipinski definition) is 4. The highest BCUT2D eigenvalue weighted by Gasteiger charge is 2.21. The summed E-state index contributed by atoms with van der Waals surface area (Å²) in [4.78, 5) is 21.3. The van der Waals surface area contributed by atoms with Crippen molar-refractivity contribution in [3.8, 4) is 0 Å². The molecule has 0 unspecified atom stereocenters. The Labute approximate surface area is 91.8 Å². The number of hydrogen-bond donors (Lipinski definition) is 1. The van der Waals surface area contributed by atoms with Crippen LogP contribution in [-0.4, -0.2) is 16.9 Å². The molecule has 0 saturated heterocycles. The van der Waals surface area contributed by atoms with Crippen LogP contribution in [0.1, 0.15) is 36.2 Å². The Balaban J connectivity index is 1.99. The molecule has 0 spiro atoms. The summed E-state index contributed by atoms with van der Waals surface area (Å²) in [6.45, 7) is 0. The van der Waals surface area contributed by atoms with Crippen molar-refractivity contribution in [2.75, 3.05) is 0 Å². The fourth-order valence-corrected chi connectivity index (χ4v) is 1.87. The summed E-state index contributed by atoms with van der Waals surface area (Å²) < 4.78 is 4.81. The number of nitro groups is 1. The molecule has 1 N–H and O–H groups in total. The van der Waals surface area contributed by atoms with Gasteiger partial charge in [-0.05, 0) is 18.9 Å². The number of nitrogens with one attached hydrogen (secondary N) is 1. The van der Waals surface area contributed by atoms with Crippen molar-refractivity contribution in [3.05, 3.63) is 28.0 Å². The zero-order valence-electron chi connectivity index (χ0n) is 8.64. The van der Waals surface area contributed by atoms with Crippen LogP contribution in [-0.2, 0) is 0 Å². The number of carbonyl (C=O) groups excluding carboxylic acids is 1. The molecule has 0 aromatic carbocycles. The first-order valence-electron chi connectivity index (χ1n) is 5.22. The fraction of sp³-hybridized carbons (Fsp3) is 0.500. The first kappa shape index (κ1) is 10.7. The predicted molar refractivity (Wildman–Crippen MR) is 55.1 cm³/mol. The van der Waals surface area contributed by atoms with Gasteiger partial charge in [0.05, 0.1) is 6.07 Å². The molecule has 0 radical (unpaired) electrons. The first-order chi connectivity index (χ1) is 7.66. The van der Waals surface area contributed by atoms with E-state index in [0.29, 0.717) is 0 Å². The third-order valence-electron chi connectivity index (χ3n) is 2.69. The second-order valence-corrected chi connectivity index (χ2v) is 3.85. The highest BCUT2D eigenvalue weighted by molar-refractivity contribution is 5.91. The van der Waals surface area contributed by atoms with Gasteiger partial charge in [0.15, 0.2) is 5.76 Å². The highest BCUT2D eigenvalue weighted by Crippen LogP contribution is 2.19. The molecule has 1 aromatic heterocycles. The van der Waals surface area contributed by atoms with Crippen LogP contribution in [0.5, 0.6) is 0 Å². The second-order valence-electron chi connectivity index (χ2n) is 3.85. The van der Waals surface area contributed by atoms with E-state index < -0.39 is 10.8 Å². The summed E-state index contributed by atoms with van der Waals surface area (Å²) in [5.74, 6) is -0.782. The molecule has 1 saturated carbocycles. The van der Waals surface area contributed by atoms with Crippen LogP contribution in [0.3, 0.4) is 0 Å². The van der Waals surface area contributed by atoms with Gasteiger partial charge in [0.1, 0.15) is 4.92 Å². The molecule has 1 aliphatic rings. The Kier molecular flexibility index (Phi) is 2.89. The van der Waals surface area contributed by atoms with Crippen LogP contribution >= 0.6 is 0 Å². The molecule has 1 amide bonds. The molecule has 0 aliphatic heterocycles. The number of rotatable bonds is 3. The van der Waals surface area contributed by atoms with Crippen LogP contribution in [0.2, 0.25) is 0 Å². The third-order valence-corrected chi connectivity index (χ3v) is 2.69. The summed E-state index contributed by atoms with van der Waals surface area (Å²) in [5.41, 5.74) is 0. The molecule has 1 heterocycles. The van der Waals surface area contributed by atoms with Gasteiger partial charge in [-0.2, -0.15) is 0 Å². The normalized spacial score (nSPS) is 16.2. The minimum absolute atomic E-state index is 0.00130. The third kappa shape index (κ3) is 2.21. The average molecular weight is 224 g/mol. The predicted octanol–water partition coefficient (Wildman–Crippen LogP) is 1.86. The largest absolute Gasteiger partial charge is 0.433 e. The van der Waals surface area contributed by atoms with Crippen molar-refractivity contribution in [2.24, 2.45) is 0 Å². The van der Waals surface area contributed by atoms with Gasteiger partial charge in [0, 0.05) is 6.04 Å². The molecule has 6 nitrogen and oxygen atoms in total. The molecular weight excluding hydrogens is 212 g/mol. The lowest BCUT2D eigenvalue weighted by atomic mass is 10.2. The van der Waals surface area contributed by atoms with Crippen LogP contribution in [0.4, 0.5) is 5.88 Å². The van der Waals surface area contributed by atoms with Crippen LogP contribution in [0.25, 0.3) is 0 Å². The Bertz CT molecular complexity index is 407. The molecule has 1 fully saturated rings. The van der Waals surface area contributed by atoms with E-state index in [4.69, 9.17) is 4.42 Å². The smallest absolute Gasteiger partial charge is 0.395 e. The van der Waals surface area contributed by atoms with E-state index in [0.717, 1.165) is 25.7 Å². The van der Waals surface area contributed by atoms with Crippen molar-refractivity contribution >= 4 is 11.8 Å². The maximum Gasteiger partial charge on any atom is 0.433 e. The van der Waals surface area contributed by atoms with Crippen molar-refractivity contribution in [1.82, 2.24) is 5.32 Å². The molecule has 6 heteroatoms. The molecule has 0 bridgehead atoms. The van der Waals surface area contributed by atoms with Crippen LogP contribution in [0.15, 0.2) is 16.5 Å². The van der Waals surface area contributed by atoms with Crippen molar-refractivity contribution in [1.29, 1.82) is 0 Å². The Morgan fingerprint density at radius 2 is 2.12 bits per heavy atom. The van der Waals surface area contributed by atoms with E-state index in [1.54, 1.807) is 0 Å². The molecule has 0 atom stereocenters. The minimum Gasteiger partial charge on any atom is -0.395 e. The van der Waals surface area contributed by atoms with Crippen molar-refractivity contribution in [3.63, 3.8) is 0 Å². The van der Waals surface area contributed by atoms with E-state index in [1.165, 1.54) is 12.1 Å². The van der Waals surface area contributed by atoms with Gasteiger partial charge in [0.2, 0.25) is 0 Å². The van der Waals surface area contributed by atoms with Gasteiger partial charge >= 0.3 is 5.88 Å². The molecule has 16 heavy (non-hydrogen) atoms. The van der Waals surface area contributed by atoms with E-state index in [1.807, 2.05) is 0 Å². The summed E-state index contributed by atoms with van der Waals surface area (Å²) >= 11 is 0. The first-order valence-corrected chi connectivity index (χ1v) is 5.22. The molecule has 2 rings (SSSR count). The van der Waals surface area contributed by atoms with E-state index >= 15 is 0 Å². The lowest BCUT2D eigenvalue weighted by Gasteiger charge is -2.09. The second kappa shape index (κ2) is 4.34. The lowest BCUT2D eigenvalue weighted by Crippen LogP contribution is -2.32. The number of furan rings is 1. The van der Waals surface area contributed by atoms with Gasteiger partial charge < -0.3 is 9.73 Å². The topological polar surface area (TPSA) is 85.4 Å². The zero-order chi connectivity index (χ0) is 11.5. The zero-order valence-corrected chi connectivity index (χ0v) is 8.64. The minimum atomic E-state index is -0.660. The number of nitrogens with zero attached hydrogens (tertiary/aromatic N) is 1. The summed E-state index contributed by atoms with van der Waals surface area (Å²) in [5, 5.41) is 13.2. The van der Waals surface area contributed by atoms with Gasteiger partial charge in [-0.25, -0.2) is 0 Å².